The number of fused-ring (bicyclic) bond motifs is 2. The fraction of sp³-hybridized carbons (Fsp3) is 0.115. The molecule has 4 nitrogen and oxygen atoms in total. The largest absolute Gasteiger partial charge is 0.487 e. The predicted octanol–water partition coefficient (Wildman–Crippen LogP) is 5.70. The first kappa shape index (κ1) is 19.5. The van der Waals surface area contributed by atoms with Gasteiger partial charge in [-0.15, -0.1) is 6.58 Å². The van der Waals surface area contributed by atoms with Crippen LogP contribution in [0.1, 0.15) is 5.56 Å². The summed E-state index contributed by atoms with van der Waals surface area (Å²) in [5.74, 6) is 0.638. The van der Waals surface area contributed by atoms with Crippen molar-refractivity contribution in [3.8, 4) is 5.75 Å². The van der Waals surface area contributed by atoms with Crippen LogP contribution in [0.2, 0.25) is 0 Å². The standard InChI is InChI=1S/C26H23NO3/c1-3-16-27(18-19-10-6-5-7-11-19)24-23(29-17-4-2)15-14-21-25(28)20-12-8-9-13-22(20)30-26(21)24/h3-15H,1-2,16-18H2. The molecular formula is C26H23NO3. The van der Waals surface area contributed by atoms with Gasteiger partial charge in [0.15, 0.2) is 5.58 Å². The Bertz CT molecular complexity index is 1260. The molecule has 0 saturated carbocycles. The van der Waals surface area contributed by atoms with E-state index in [2.05, 4.69) is 30.2 Å². The molecule has 150 valence electrons. The highest BCUT2D eigenvalue weighted by atomic mass is 16.5. The van der Waals surface area contributed by atoms with Gasteiger partial charge in [-0.2, -0.15) is 0 Å². The topological polar surface area (TPSA) is 42.7 Å². The van der Waals surface area contributed by atoms with Gasteiger partial charge in [0.25, 0.3) is 0 Å². The molecule has 30 heavy (non-hydrogen) atoms. The average molecular weight is 397 g/mol. The number of ether oxygens (including phenoxy) is 1. The van der Waals surface area contributed by atoms with Crippen molar-refractivity contribution >= 4 is 27.6 Å². The van der Waals surface area contributed by atoms with Crippen LogP contribution in [0.25, 0.3) is 21.9 Å². The van der Waals surface area contributed by atoms with Gasteiger partial charge >= 0.3 is 0 Å². The first-order valence-electron chi connectivity index (χ1n) is 9.85. The molecule has 4 rings (SSSR count). The van der Waals surface area contributed by atoms with Crippen LogP contribution < -0.4 is 15.1 Å². The van der Waals surface area contributed by atoms with Crippen LogP contribution in [-0.2, 0) is 6.54 Å². The minimum atomic E-state index is -0.0540. The Balaban J connectivity index is 1.98. The zero-order valence-electron chi connectivity index (χ0n) is 16.7. The fourth-order valence-electron chi connectivity index (χ4n) is 3.59. The lowest BCUT2D eigenvalue weighted by atomic mass is 10.1. The molecule has 0 aliphatic carbocycles. The fourth-order valence-corrected chi connectivity index (χ4v) is 3.59. The van der Waals surface area contributed by atoms with Crippen LogP contribution in [0.3, 0.4) is 0 Å². The van der Waals surface area contributed by atoms with E-state index in [9.17, 15) is 4.79 Å². The van der Waals surface area contributed by atoms with E-state index in [0.29, 0.717) is 47.4 Å². The molecule has 3 aromatic carbocycles. The molecular weight excluding hydrogens is 374 g/mol. The van der Waals surface area contributed by atoms with Crippen molar-refractivity contribution in [3.05, 3.63) is 108 Å². The van der Waals surface area contributed by atoms with Crippen molar-refractivity contribution in [1.29, 1.82) is 0 Å². The van der Waals surface area contributed by atoms with Gasteiger partial charge in [-0.3, -0.25) is 4.79 Å². The van der Waals surface area contributed by atoms with Crippen molar-refractivity contribution < 1.29 is 9.15 Å². The summed E-state index contributed by atoms with van der Waals surface area (Å²) in [6.45, 7) is 9.19. The van der Waals surface area contributed by atoms with Crippen molar-refractivity contribution in [2.24, 2.45) is 0 Å². The number of benzene rings is 3. The Morgan fingerprint density at radius 1 is 0.900 bits per heavy atom. The third kappa shape index (κ3) is 3.72. The molecule has 0 atom stereocenters. The van der Waals surface area contributed by atoms with E-state index in [1.165, 1.54) is 0 Å². The third-order valence-electron chi connectivity index (χ3n) is 4.92. The zero-order chi connectivity index (χ0) is 20.9. The van der Waals surface area contributed by atoms with Crippen molar-refractivity contribution in [1.82, 2.24) is 0 Å². The maximum Gasteiger partial charge on any atom is 0.200 e. The summed E-state index contributed by atoms with van der Waals surface area (Å²) < 4.78 is 12.2. The van der Waals surface area contributed by atoms with Crippen LogP contribution in [-0.4, -0.2) is 13.2 Å². The molecule has 4 heteroatoms. The average Bonchev–Trinajstić information content (AvgIpc) is 2.78. The van der Waals surface area contributed by atoms with Crippen LogP contribution in [0.5, 0.6) is 5.75 Å². The molecule has 0 unspecified atom stereocenters. The zero-order valence-corrected chi connectivity index (χ0v) is 16.7. The lowest BCUT2D eigenvalue weighted by molar-refractivity contribution is 0.363. The smallest absolute Gasteiger partial charge is 0.200 e. The molecule has 0 aliphatic rings. The van der Waals surface area contributed by atoms with Gasteiger partial charge in [0.05, 0.1) is 10.8 Å². The molecule has 1 heterocycles. The Morgan fingerprint density at radius 2 is 1.67 bits per heavy atom. The summed E-state index contributed by atoms with van der Waals surface area (Å²) in [5.41, 5.74) is 2.88. The lowest BCUT2D eigenvalue weighted by Gasteiger charge is -2.26. The van der Waals surface area contributed by atoms with Crippen molar-refractivity contribution in [2.45, 2.75) is 6.54 Å². The van der Waals surface area contributed by atoms with Crippen molar-refractivity contribution in [3.63, 3.8) is 0 Å². The second kappa shape index (κ2) is 8.70. The highest BCUT2D eigenvalue weighted by molar-refractivity contribution is 5.98. The minimum absolute atomic E-state index is 0.0540. The lowest BCUT2D eigenvalue weighted by Crippen LogP contribution is -2.24. The summed E-state index contributed by atoms with van der Waals surface area (Å²) in [7, 11) is 0. The number of hydrogen-bond acceptors (Lipinski definition) is 4. The number of para-hydroxylation sites is 1. The van der Waals surface area contributed by atoms with E-state index in [0.717, 1.165) is 11.3 Å². The highest BCUT2D eigenvalue weighted by Gasteiger charge is 2.20. The van der Waals surface area contributed by atoms with Gasteiger partial charge < -0.3 is 14.1 Å². The van der Waals surface area contributed by atoms with Gasteiger partial charge in [0.1, 0.15) is 23.6 Å². The SMILES string of the molecule is C=CCOc1ccc2c(=O)c3ccccc3oc2c1N(CC=C)Cc1ccccc1. The molecule has 1 aromatic heterocycles. The van der Waals surface area contributed by atoms with Gasteiger partial charge in [0, 0.05) is 13.1 Å². The molecule has 0 N–H and O–H groups in total. The first-order valence-corrected chi connectivity index (χ1v) is 9.85. The van der Waals surface area contributed by atoms with Gasteiger partial charge in [-0.1, -0.05) is 61.2 Å². The van der Waals surface area contributed by atoms with E-state index >= 15 is 0 Å². The van der Waals surface area contributed by atoms with Crippen LogP contribution in [0.4, 0.5) is 5.69 Å². The molecule has 0 amide bonds. The minimum Gasteiger partial charge on any atom is -0.487 e. The Kier molecular flexibility index (Phi) is 5.66. The highest BCUT2D eigenvalue weighted by Crippen LogP contribution is 2.38. The summed E-state index contributed by atoms with van der Waals surface area (Å²) in [5, 5.41) is 1.09. The number of rotatable bonds is 8. The molecule has 0 aliphatic heterocycles. The maximum atomic E-state index is 13.1. The van der Waals surface area contributed by atoms with Crippen molar-refractivity contribution in [2.75, 3.05) is 18.1 Å². The Hall–Kier alpha value is -3.79. The van der Waals surface area contributed by atoms with Crippen LogP contribution in [0.15, 0.2) is 101 Å². The molecule has 0 bridgehead atoms. The van der Waals surface area contributed by atoms with E-state index in [-0.39, 0.29) is 5.43 Å². The second-order valence-corrected chi connectivity index (χ2v) is 6.97. The summed E-state index contributed by atoms with van der Waals surface area (Å²) in [6.07, 6.45) is 3.53. The molecule has 4 aromatic rings. The predicted molar refractivity (Wildman–Crippen MR) is 123 cm³/mol. The molecule has 0 radical (unpaired) electrons. The van der Waals surface area contributed by atoms with Gasteiger partial charge in [-0.05, 0) is 29.8 Å². The van der Waals surface area contributed by atoms with Gasteiger partial charge in [-0.25, -0.2) is 0 Å². The van der Waals surface area contributed by atoms with E-state index in [4.69, 9.17) is 9.15 Å². The molecule has 0 saturated heterocycles. The number of hydrogen-bond donors (Lipinski definition) is 0. The van der Waals surface area contributed by atoms with E-state index < -0.39 is 0 Å². The summed E-state index contributed by atoms with van der Waals surface area (Å²) in [4.78, 5) is 15.3. The number of anilines is 1. The Morgan fingerprint density at radius 3 is 2.43 bits per heavy atom. The van der Waals surface area contributed by atoms with E-state index in [1.807, 2.05) is 48.5 Å². The normalized spacial score (nSPS) is 10.8. The maximum absolute atomic E-state index is 13.1. The van der Waals surface area contributed by atoms with Crippen LogP contribution >= 0.6 is 0 Å². The Labute approximate surface area is 175 Å². The number of nitrogens with zero attached hydrogens (tertiary/aromatic N) is 1. The molecule has 0 fully saturated rings. The second-order valence-electron chi connectivity index (χ2n) is 6.97. The monoisotopic (exact) mass is 397 g/mol. The summed E-state index contributed by atoms with van der Waals surface area (Å²) >= 11 is 0. The summed E-state index contributed by atoms with van der Waals surface area (Å²) in [6, 6.07) is 21.0. The third-order valence-corrected chi connectivity index (χ3v) is 4.92. The quantitative estimate of drug-likeness (QED) is 0.282. The molecule has 0 spiro atoms. The van der Waals surface area contributed by atoms with E-state index in [1.54, 1.807) is 18.2 Å². The van der Waals surface area contributed by atoms with Gasteiger partial charge in [0.2, 0.25) is 5.43 Å². The van der Waals surface area contributed by atoms with Crippen LogP contribution in [0, 0.1) is 0 Å². The first-order chi connectivity index (χ1) is 14.7.